The van der Waals surface area contributed by atoms with E-state index in [1.54, 1.807) is 0 Å². The third kappa shape index (κ3) is 6.07. The molecule has 56 heavy (non-hydrogen) atoms. The summed E-state index contributed by atoms with van der Waals surface area (Å²) in [5, 5.41) is 4.51. The molecule has 3 aromatic carbocycles. The molecule has 3 aliphatic carbocycles. The van der Waals surface area contributed by atoms with E-state index in [4.69, 9.17) is 54.2 Å². The number of hydrogen-bond acceptors (Lipinski definition) is 3. The van der Waals surface area contributed by atoms with Gasteiger partial charge in [0, 0.05) is 44.3 Å². The van der Waals surface area contributed by atoms with Gasteiger partial charge in [-0.15, -0.1) is 23.0 Å². The van der Waals surface area contributed by atoms with E-state index in [2.05, 4.69) is 125 Å². The van der Waals surface area contributed by atoms with E-state index >= 15 is 0 Å². The van der Waals surface area contributed by atoms with Crippen LogP contribution in [0.15, 0.2) is 149 Å². The molecule has 0 bridgehead atoms. The first-order valence-corrected chi connectivity index (χ1v) is 19.1. The summed E-state index contributed by atoms with van der Waals surface area (Å²) in [5.41, 5.74) is 8.28. The van der Waals surface area contributed by atoms with Crippen molar-refractivity contribution in [2.24, 2.45) is 5.92 Å². The van der Waals surface area contributed by atoms with Gasteiger partial charge in [-0.2, -0.15) is 9.97 Å². The summed E-state index contributed by atoms with van der Waals surface area (Å²) < 4.78 is 4.49. The molecule has 1 unspecified atom stereocenters. The second-order valence-electron chi connectivity index (χ2n) is 14.5. The van der Waals surface area contributed by atoms with Crippen LogP contribution in [-0.4, -0.2) is 63.3 Å². The Bertz CT molecular complexity index is 2890. The molecule has 9 rings (SSSR count). The van der Waals surface area contributed by atoms with E-state index in [1.807, 2.05) is 6.07 Å². The lowest BCUT2D eigenvalue weighted by Gasteiger charge is -2.20. The summed E-state index contributed by atoms with van der Waals surface area (Å²) >= 11 is 0. The normalized spacial score (nSPS) is 17.9. The van der Waals surface area contributed by atoms with Crippen molar-refractivity contribution < 1.29 is 0 Å². The van der Waals surface area contributed by atoms with Gasteiger partial charge < -0.3 is 4.57 Å². The summed E-state index contributed by atoms with van der Waals surface area (Å²) in [7, 11) is 31.9. The molecule has 6 aromatic rings. The van der Waals surface area contributed by atoms with E-state index < -0.39 is 0 Å². The van der Waals surface area contributed by atoms with Crippen molar-refractivity contribution in [1.29, 1.82) is 0 Å². The van der Waals surface area contributed by atoms with Crippen LogP contribution in [0.25, 0.3) is 66.4 Å². The van der Waals surface area contributed by atoms with Crippen LogP contribution in [0.5, 0.6) is 0 Å². The molecule has 0 amide bonds. The van der Waals surface area contributed by atoms with Gasteiger partial charge in [-0.3, -0.25) is 4.57 Å². The second kappa shape index (κ2) is 14.7. The van der Waals surface area contributed by atoms with Crippen molar-refractivity contribution in [1.82, 2.24) is 24.1 Å². The number of benzene rings is 3. The lowest BCUT2D eigenvalue weighted by atomic mass is 9.65. The summed E-state index contributed by atoms with van der Waals surface area (Å²) in [6.07, 6.45) is 25.0. The maximum atomic E-state index is 6.70. The zero-order valence-electron chi connectivity index (χ0n) is 31.1. The molecule has 0 saturated carbocycles. The number of aromatic nitrogens is 5. The molecule has 10 radical (unpaired) electrons. The summed E-state index contributed by atoms with van der Waals surface area (Å²) in [5.74, 6) is 1.35. The Hall–Kier alpha value is -5.75. The molecule has 5 nitrogen and oxygen atoms in total. The number of fused-ring (bicyclic) bond motifs is 7. The number of hydrogen-bond donors (Lipinski definition) is 0. The highest BCUT2D eigenvalue weighted by Crippen LogP contribution is 2.42. The molecule has 0 saturated heterocycles. The van der Waals surface area contributed by atoms with Crippen molar-refractivity contribution >= 4 is 99.7 Å². The van der Waals surface area contributed by atoms with Gasteiger partial charge in [0.15, 0.2) is 11.6 Å². The minimum atomic E-state index is -0.0220. The zero-order valence-corrected chi connectivity index (χ0v) is 31.1. The number of rotatable bonds is 8. The van der Waals surface area contributed by atoms with Crippen LogP contribution in [0.4, 0.5) is 0 Å². The fourth-order valence-electron chi connectivity index (χ4n) is 8.25. The lowest BCUT2D eigenvalue weighted by molar-refractivity contribution is 0.771. The molecule has 0 fully saturated rings. The Morgan fingerprint density at radius 3 is 2.11 bits per heavy atom. The van der Waals surface area contributed by atoms with Gasteiger partial charge in [0.1, 0.15) is 31.4 Å². The number of nitrogens with zero attached hydrogens (tertiary/aromatic N) is 5. The van der Waals surface area contributed by atoms with Crippen LogP contribution in [-0.2, 0) is 0 Å². The average Bonchev–Trinajstić information content (AvgIpc) is 3.77. The van der Waals surface area contributed by atoms with Crippen LogP contribution in [0.3, 0.4) is 0 Å². The molecular formula is C46H34B5N5. The quantitative estimate of drug-likeness (QED) is 0.117. The predicted molar refractivity (Wildman–Crippen MR) is 238 cm³/mol. The zero-order chi connectivity index (χ0) is 38.5. The van der Waals surface area contributed by atoms with Gasteiger partial charge in [0.2, 0.25) is 5.95 Å². The minimum Gasteiger partial charge on any atom is -0.309 e. The predicted octanol–water partition coefficient (Wildman–Crippen LogP) is 9.20. The Morgan fingerprint density at radius 2 is 1.43 bits per heavy atom. The van der Waals surface area contributed by atoms with Crippen LogP contribution in [0.2, 0.25) is 6.32 Å². The number of allylic oxidation sites excluding steroid dienone is 17. The summed E-state index contributed by atoms with van der Waals surface area (Å²) in [4.78, 5) is 15.4. The van der Waals surface area contributed by atoms with E-state index in [1.165, 1.54) is 16.3 Å². The number of para-hydroxylation sites is 2. The van der Waals surface area contributed by atoms with Crippen LogP contribution in [0.1, 0.15) is 43.8 Å². The highest BCUT2D eigenvalue weighted by atomic mass is 15.2. The van der Waals surface area contributed by atoms with Crippen molar-refractivity contribution in [2.75, 3.05) is 0 Å². The monoisotopic (exact) mass is 711 g/mol. The van der Waals surface area contributed by atoms with Crippen molar-refractivity contribution in [3.63, 3.8) is 0 Å². The van der Waals surface area contributed by atoms with Crippen molar-refractivity contribution in [3.05, 3.63) is 161 Å². The largest absolute Gasteiger partial charge is 0.309 e. The summed E-state index contributed by atoms with van der Waals surface area (Å²) in [6, 6.07) is 21.3. The van der Waals surface area contributed by atoms with E-state index in [9.17, 15) is 0 Å². The van der Waals surface area contributed by atoms with Crippen LogP contribution >= 0.6 is 0 Å². The van der Waals surface area contributed by atoms with Gasteiger partial charge in [0.05, 0.1) is 29.9 Å². The molecular weight excluding hydrogens is 677 g/mol. The van der Waals surface area contributed by atoms with Crippen molar-refractivity contribution in [2.45, 2.75) is 38.4 Å². The molecule has 3 heterocycles. The third-order valence-electron chi connectivity index (χ3n) is 11.0. The van der Waals surface area contributed by atoms with Gasteiger partial charge in [-0.1, -0.05) is 103 Å². The fourth-order valence-corrected chi connectivity index (χ4v) is 8.25. The Kier molecular flexibility index (Phi) is 9.45. The van der Waals surface area contributed by atoms with E-state index in [-0.39, 0.29) is 45.5 Å². The second-order valence-corrected chi connectivity index (χ2v) is 14.5. The van der Waals surface area contributed by atoms with Gasteiger partial charge in [0.25, 0.3) is 0 Å². The molecule has 0 spiro atoms. The molecule has 0 N–H and O–H groups in total. The Labute approximate surface area is 333 Å². The smallest absolute Gasteiger partial charge is 0.238 e. The fraction of sp³-hybridized carbons (Fsp3) is 0.152. The van der Waals surface area contributed by atoms with E-state index in [0.717, 1.165) is 76.2 Å². The van der Waals surface area contributed by atoms with Crippen molar-refractivity contribution in [3.8, 4) is 5.95 Å². The highest BCUT2D eigenvalue weighted by Gasteiger charge is 2.25. The molecule has 1 atom stereocenters. The first kappa shape index (κ1) is 35.9. The maximum absolute atomic E-state index is 6.70. The first-order chi connectivity index (χ1) is 27.3. The van der Waals surface area contributed by atoms with Crippen LogP contribution in [0, 0.1) is 5.92 Å². The van der Waals surface area contributed by atoms with Gasteiger partial charge in [-0.05, 0) is 62.0 Å². The third-order valence-corrected chi connectivity index (χ3v) is 11.0. The standard InChI is InChI=1S/C46H34B5N5/c1-27(48)41(50)42(51)40(35(49)26-47)45-52-44(30-22-20-29(21-23-30)28-12-4-2-5-13-28)53-46(54-45)56-37-19-11-9-17-34(37)39-38(56)25-24-33-32-16-8-10-18-36(32)55(43(33)39)31-14-6-3-7-15-31/h4,6,8-20,22-25,29H,1-3,5,7,21,26H2/b40-35-,42-41-. The topological polar surface area (TPSA) is 48.5 Å². The SMILES string of the molecule is [B]C/C([B])=C(\C([B])=C(\[B])C([B])=C)c1nc(C2=CCC(C3=CCCC=C3)C=C2)nc(-n2c3ccccc3c3c4c(ccc32)c2ccccc2n4C2=CCCC=C2)n1. The molecule has 3 aromatic heterocycles. The van der Waals surface area contributed by atoms with Crippen LogP contribution < -0.4 is 0 Å². The highest BCUT2D eigenvalue weighted by molar-refractivity contribution is 6.45. The molecule has 3 aliphatic rings. The maximum Gasteiger partial charge on any atom is 0.238 e. The van der Waals surface area contributed by atoms with E-state index in [0.29, 0.717) is 11.8 Å². The molecule has 10 heteroatoms. The minimum absolute atomic E-state index is 0.0220. The first-order valence-electron chi connectivity index (χ1n) is 19.1. The lowest BCUT2D eigenvalue weighted by Crippen LogP contribution is -2.13. The summed E-state index contributed by atoms with van der Waals surface area (Å²) in [6.45, 7) is 3.81. The molecule has 0 aliphatic heterocycles. The van der Waals surface area contributed by atoms with Gasteiger partial charge in [-0.25, -0.2) is 4.98 Å². The molecule has 258 valence electrons. The van der Waals surface area contributed by atoms with Gasteiger partial charge >= 0.3 is 0 Å². The Balaban J connectivity index is 1.33. The average molecular weight is 711 g/mol. The Morgan fingerprint density at radius 1 is 0.696 bits per heavy atom.